The molecule has 5 heteroatoms. The van der Waals surface area contributed by atoms with Crippen molar-refractivity contribution >= 4 is 5.97 Å². The van der Waals surface area contributed by atoms with Gasteiger partial charge in [-0.05, 0) is 18.6 Å². The lowest BCUT2D eigenvalue weighted by atomic mass is 9.91. The Kier molecular flexibility index (Phi) is 3.16. The van der Waals surface area contributed by atoms with Gasteiger partial charge >= 0.3 is 5.97 Å². The molecule has 1 unspecified atom stereocenters. The predicted molar refractivity (Wildman–Crippen MR) is 66.9 cm³/mol. The van der Waals surface area contributed by atoms with Crippen molar-refractivity contribution < 1.29 is 9.90 Å². The van der Waals surface area contributed by atoms with Crippen LogP contribution in [-0.2, 0) is 16.9 Å². The molecule has 0 aliphatic carbocycles. The van der Waals surface area contributed by atoms with Crippen LogP contribution in [0.2, 0.25) is 0 Å². The fraction of sp³-hybridized carbons (Fsp3) is 0.231. The van der Waals surface area contributed by atoms with E-state index in [-0.39, 0.29) is 6.54 Å². The van der Waals surface area contributed by atoms with E-state index in [2.05, 4.69) is 5.10 Å². The summed E-state index contributed by atoms with van der Waals surface area (Å²) in [4.78, 5) is 11.5. The van der Waals surface area contributed by atoms with Crippen LogP contribution in [0.3, 0.4) is 0 Å². The van der Waals surface area contributed by atoms with E-state index in [1.807, 2.05) is 19.1 Å². The Morgan fingerprint density at radius 1 is 1.39 bits per heavy atom. The van der Waals surface area contributed by atoms with Gasteiger partial charge in [0.25, 0.3) is 0 Å². The lowest BCUT2D eigenvalue weighted by molar-refractivity contribution is -0.144. The number of rotatable bonds is 4. The summed E-state index contributed by atoms with van der Waals surface area (Å²) in [6.45, 7) is 1.96. The van der Waals surface area contributed by atoms with Gasteiger partial charge in [-0.1, -0.05) is 30.3 Å². The second-order valence-electron chi connectivity index (χ2n) is 4.27. The molecule has 0 fully saturated rings. The normalized spacial score (nSPS) is 14.1. The Balaban J connectivity index is 2.40. The van der Waals surface area contributed by atoms with Crippen LogP contribution in [0.5, 0.6) is 0 Å². The maximum absolute atomic E-state index is 11.5. The number of nitrogens with zero attached hydrogens (tertiary/aromatic N) is 2. The maximum Gasteiger partial charge on any atom is 0.330 e. The number of nitrogens with two attached hydrogens (primary N) is 1. The summed E-state index contributed by atoms with van der Waals surface area (Å²) in [6.07, 6.45) is 1.63. The minimum atomic E-state index is -1.47. The van der Waals surface area contributed by atoms with Gasteiger partial charge in [-0.25, -0.2) is 4.79 Å². The topological polar surface area (TPSA) is 81.1 Å². The average molecular weight is 245 g/mol. The summed E-state index contributed by atoms with van der Waals surface area (Å²) in [5.74, 6) is -1.07. The highest BCUT2D eigenvalue weighted by atomic mass is 16.4. The standard InChI is InChI=1S/C13H15N3O2/c1-10-7-8-15-16(10)9-13(14,12(17)18)11-5-3-2-4-6-11/h2-8H,9,14H2,1H3,(H,17,18). The van der Waals surface area contributed by atoms with Crippen molar-refractivity contribution in [3.05, 3.63) is 53.9 Å². The zero-order valence-corrected chi connectivity index (χ0v) is 10.1. The molecular weight excluding hydrogens is 230 g/mol. The Bertz CT molecular complexity index is 550. The first-order valence-electron chi connectivity index (χ1n) is 5.60. The third-order valence-corrected chi connectivity index (χ3v) is 3.00. The van der Waals surface area contributed by atoms with Crippen LogP contribution in [0.25, 0.3) is 0 Å². The van der Waals surface area contributed by atoms with Crippen molar-refractivity contribution in [3.63, 3.8) is 0 Å². The number of hydrogen-bond acceptors (Lipinski definition) is 3. The number of carboxylic acids is 1. The third-order valence-electron chi connectivity index (χ3n) is 3.00. The van der Waals surface area contributed by atoms with E-state index < -0.39 is 11.5 Å². The van der Waals surface area contributed by atoms with E-state index in [1.54, 1.807) is 35.1 Å². The summed E-state index contributed by atoms with van der Waals surface area (Å²) >= 11 is 0. The molecule has 0 bridgehead atoms. The molecule has 1 atom stereocenters. The summed E-state index contributed by atoms with van der Waals surface area (Å²) in [5, 5.41) is 13.5. The molecule has 3 N–H and O–H groups in total. The van der Waals surface area contributed by atoms with Crippen LogP contribution in [0, 0.1) is 6.92 Å². The minimum Gasteiger partial charge on any atom is -0.480 e. The van der Waals surface area contributed by atoms with Crippen molar-refractivity contribution in [1.82, 2.24) is 9.78 Å². The first kappa shape index (κ1) is 12.3. The number of aryl methyl sites for hydroxylation is 1. The van der Waals surface area contributed by atoms with Crippen LogP contribution in [-0.4, -0.2) is 20.9 Å². The maximum atomic E-state index is 11.5. The monoisotopic (exact) mass is 245 g/mol. The molecule has 0 saturated carbocycles. The van der Waals surface area contributed by atoms with Crippen LogP contribution in [0.1, 0.15) is 11.3 Å². The van der Waals surface area contributed by atoms with E-state index in [9.17, 15) is 9.90 Å². The summed E-state index contributed by atoms with van der Waals surface area (Å²) in [6, 6.07) is 10.6. The summed E-state index contributed by atoms with van der Waals surface area (Å²) in [7, 11) is 0. The van der Waals surface area contributed by atoms with E-state index in [4.69, 9.17) is 5.73 Å². The molecule has 0 aliphatic heterocycles. The molecule has 0 saturated heterocycles. The zero-order chi connectivity index (χ0) is 13.2. The zero-order valence-electron chi connectivity index (χ0n) is 10.1. The van der Waals surface area contributed by atoms with Crippen LogP contribution < -0.4 is 5.73 Å². The number of aromatic nitrogens is 2. The van der Waals surface area contributed by atoms with Crippen LogP contribution in [0.4, 0.5) is 0 Å². The van der Waals surface area contributed by atoms with Gasteiger partial charge in [0.2, 0.25) is 0 Å². The second kappa shape index (κ2) is 4.62. The van der Waals surface area contributed by atoms with Gasteiger partial charge in [-0.3, -0.25) is 4.68 Å². The van der Waals surface area contributed by atoms with Crippen molar-refractivity contribution in [3.8, 4) is 0 Å². The van der Waals surface area contributed by atoms with Gasteiger partial charge in [0.15, 0.2) is 5.54 Å². The van der Waals surface area contributed by atoms with Crippen molar-refractivity contribution in [2.24, 2.45) is 5.73 Å². The molecule has 0 radical (unpaired) electrons. The van der Waals surface area contributed by atoms with Crippen molar-refractivity contribution in [2.45, 2.75) is 19.0 Å². The lowest BCUT2D eigenvalue weighted by Crippen LogP contribution is -2.48. The number of benzene rings is 1. The smallest absolute Gasteiger partial charge is 0.330 e. The molecule has 0 amide bonds. The molecule has 2 aromatic rings. The minimum absolute atomic E-state index is 0.102. The molecular formula is C13H15N3O2. The van der Waals surface area contributed by atoms with E-state index >= 15 is 0 Å². The molecule has 1 heterocycles. The number of aliphatic carboxylic acids is 1. The Morgan fingerprint density at radius 2 is 2.06 bits per heavy atom. The largest absolute Gasteiger partial charge is 0.480 e. The molecule has 2 rings (SSSR count). The molecule has 18 heavy (non-hydrogen) atoms. The summed E-state index contributed by atoms with van der Waals surface area (Å²) in [5.41, 5.74) is 6.03. The van der Waals surface area contributed by atoms with E-state index in [0.717, 1.165) is 5.69 Å². The third kappa shape index (κ3) is 2.12. The highest BCUT2D eigenvalue weighted by molar-refractivity contribution is 5.80. The van der Waals surface area contributed by atoms with E-state index in [1.165, 1.54) is 0 Å². The first-order chi connectivity index (χ1) is 8.54. The van der Waals surface area contributed by atoms with Gasteiger partial charge in [0.05, 0.1) is 6.54 Å². The molecule has 94 valence electrons. The van der Waals surface area contributed by atoms with Gasteiger partial charge in [0.1, 0.15) is 0 Å². The molecule has 0 spiro atoms. The molecule has 1 aromatic heterocycles. The second-order valence-corrected chi connectivity index (χ2v) is 4.27. The summed E-state index contributed by atoms with van der Waals surface area (Å²) < 4.78 is 1.60. The average Bonchev–Trinajstić information content (AvgIpc) is 2.75. The Labute approximate surface area is 105 Å². The lowest BCUT2D eigenvalue weighted by Gasteiger charge is -2.25. The number of carboxylic acid groups (broad SMARTS) is 1. The number of carbonyl (C=O) groups is 1. The first-order valence-corrected chi connectivity index (χ1v) is 5.60. The van der Waals surface area contributed by atoms with Gasteiger partial charge in [-0.2, -0.15) is 5.10 Å². The van der Waals surface area contributed by atoms with Gasteiger partial charge < -0.3 is 10.8 Å². The van der Waals surface area contributed by atoms with Crippen molar-refractivity contribution in [2.75, 3.05) is 0 Å². The van der Waals surface area contributed by atoms with Gasteiger partial charge in [0, 0.05) is 11.9 Å². The fourth-order valence-electron chi connectivity index (χ4n) is 1.82. The highest BCUT2D eigenvalue weighted by Gasteiger charge is 2.37. The van der Waals surface area contributed by atoms with Crippen LogP contribution in [0.15, 0.2) is 42.6 Å². The Morgan fingerprint density at radius 3 is 2.56 bits per heavy atom. The molecule has 1 aromatic carbocycles. The highest BCUT2D eigenvalue weighted by Crippen LogP contribution is 2.21. The van der Waals surface area contributed by atoms with Crippen LogP contribution >= 0.6 is 0 Å². The molecule has 5 nitrogen and oxygen atoms in total. The molecule has 0 aliphatic rings. The number of hydrogen-bond donors (Lipinski definition) is 2. The fourth-order valence-corrected chi connectivity index (χ4v) is 1.82. The van der Waals surface area contributed by atoms with Crippen molar-refractivity contribution in [1.29, 1.82) is 0 Å². The predicted octanol–water partition coefficient (Wildman–Crippen LogP) is 1.13. The SMILES string of the molecule is Cc1ccnn1CC(N)(C(=O)O)c1ccccc1. The van der Waals surface area contributed by atoms with Gasteiger partial charge in [-0.15, -0.1) is 0 Å². The quantitative estimate of drug-likeness (QED) is 0.846. The van der Waals surface area contributed by atoms with E-state index in [0.29, 0.717) is 5.56 Å². The Hall–Kier alpha value is -2.14.